The lowest BCUT2D eigenvalue weighted by Gasteiger charge is -2.04. The fourth-order valence-corrected chi connectivity index (χ4v) is 2.28. The van der Waals surface area contributed by atoms with Gasteiger partial charge in [0.2, 0.25) is 0 Å². The molecule has 0 saturated heterocycles. The summed E-state index contributed by atoms with van der Waals surface area (Å²) >= 11 is 1.78. The summed E-state index contributed by atoms with van der Waals surface area (Å²) in [6.07, 6.45) is 2.34. The molecule has 68 valence electrons. The minimum absolute atomic E-state index is 0.633. The van der Waals surface area contributed by atoms with E-state index in [0.717, 1.165) is 6.42 Å². The zero-order chi connectivity index (χ0) is 8.97. The summed E-state index contributed by atoms with van der Waals surface area (Å²) in [5.74, 6) is 0. The van der Waals surface area contributed by atoms with Gasteiger partial charge in [-0.25, -0.2) is 0 Å². The first-order valence-electron chi connectivity index (χ1n) is 4.20. The van der Waals surface area contributed by atoms with Gasteiger partial charge < -0.3 is 5.21 Å². The molecule has 0 radical (unpaired) electrons. The SMILES string of the molecule is CCCc1ccc(CN(C)O)s1. The molecule has 0 atom stereocenters. The number of aryl methyl sites for hydroxylation is 1. The number of nitrogens with zero attached hydrogens (tertiary/aromatic N) is 1. The Bertz CT molecular complexity index is 232. The third-order valence-electron chi connectivity index (χ3n) is 1.60. The van der Waals surface area contributed by atoms with E-state index in [-0.39, 0.29) is 0 Å². The van der Waals surface area contributed by atoms with Crippen molar-refractivity contribution in [1.29, 1.82) is 0 Å². The minimum atomic E-state index is 0.633. The van der Waals surface area contributed by atoms with Crippen LogP contribution in [0.15, 0.2) is 12.1 Å². The van der Waals surface area contributed by atoms with Crippen molar-refractivity contribution in [2.75, 3.05) is 7.05 Å². The second kappa shape index (κ2) is 4.60. The molecule has 0 aliphatic rings. The fourth-order valence-electron chi connectivity index (χ4n) is 1.11. The van der Waals surface area contributed by atoms with Crippen LogP contribution in [0.25, 0.3) is 0 Å². The lowest BCUT2D eigenvalue weighted by atomic mass is 10.3. The Morgan fingerprint density at radius 3 is 2.67 bits per heavy atom. The van der Waals surface area contributed by atoms with Gasteiger partial charge in [-0.2, -0.15) is 5.06 Å². The Balaban J connectivity index is 2.52. The quantitative estimate of drug-likeness (QED) is 0.729. The standard InChI is InChI=1S/C9H15NOS/c1-3-4-8-5-6-9(12-8)7-10(2)11/h5-6,11H,3-4,7H2,1-2H3. The number of hydroxylamine groups is 2. The van der Waals surface area contributed by atoms with Crippen LogP contribution in [0, 0.1) is 0 Å². The highest BCUT2D eigenvalue weighted by Crippen LogP contribution is 2.18. The second-order valence-electron chi connectivity index (χ2n) is 2.93. The molecule has 0 aliphatic carbocycles. The highest BCUT2D eigenvalue weighted by Gasteiger charge is 2.00. The van der Waals surface area contributed by atoms with E-state index in [1.807, 2.05) is 0 Å². The highest BCUT2D eigenvalue weighted by molar-refractivity contribution is 7.11. The molecule has 2 nitrogen and oxygen atoms in total. The average molecular weight is 185 g/mol. The van der Waals surface area contributed by atoms with Gasteiger partial charge in [0.25, 0.3) is 0 Å². The van der Waals surface area contributed by atoms with E-state index in [4.69, 9.17) is 5.21 Å². The van der Waals surface area contributed by atoms with Gasteiger partial charge in [0.15, 0.2) is 0 Å². The zero-order valence-electron chi connectivity index (χ0n) is 7.58. The van der Waals surface area contributed by atoms with Crippen molar-refractivity contribution in [2.45, 2.75) is 26.3 Å². The number of rotatable bonds is 4. The van der Waals surface area contributed by atoms with Crippen molar-refractivity contribution in [3.05, 3.63) is 21.9 Å². The van der Waals surface area contributed by atoms with E-state index in [1.54, 1.807) is 18.4 Å². The van der Waals surface area contributed by atoms with Crippen LogP contribution < -0.4 is 0 Å². The maximum Gasteiger partial charge on any atom is 0.0579 e. The van der Waals surface area contributed by atoms with Gasteiger partial charge >= 0.3 is 0 Å². The highest BCUT2D eigenvalue weighted by atomic mass is 32.1. The van der Waals surface area contributed by atoms with Crippen LogP contribution in [0.4, 0.5) is 0 Å². The van der Waals surface area contributed by atoms with Crippen molar-refractivity contribution in [3.8, 4) is 0 Å². The van der Waals surface area contributed by atoms with Crippen LogP contribution in [0.3, 0.4) is 0 Å². The monoisotopic (exact) mass is 185 g/mol. The number of thiophene rings is 1. The number of hydrogen-bond acceptors (Lipinski definition) is 3. The molecule has 0 spiro atoms. The van der Waals surface area contributed by atoms with E-state index in [0.29, 0.717) is 6.54 Å². The first-order chi connectivity index (χ1) is 5.72. The van der Waals surface area contributed by atoms with Crippen LogP contribution in [0.5, 0.6) is 0 Å². The van der Waals surface area contributed by atoms with Gasteiger partial charge in [0, 0.05) is 16.8 Å². The Morgan fingerprint density at radius 2 is 2.08 bits per heavy atom. The molecule has 1 rings (SSSR count). The van der Waals surface area contributed by atoms with E-state index in [1.165, 1.54) is 21.2 Å². The largest absolute Gasteiger partial charge is 0.314 e. The molecule has 1 N–H and O–H groups in total. The summed E-state index contributed by atoms with van der Waals surface area (Å²) in [5, 5.41) is 10.2. The summed E-state index contributed by atoms with van der Waals surface area (Å²) in [6.45, 7) is 2.81. The molecular formula is C9H15NOS. The Hall–Kier alpha value is -0.380. The van der Waals surface area contributed by atoms with Gasteiger partial charge in [-0.3, -0.25) is 0 Å². The second-order valence-corrected chi connectivity index (χ2v) is 4.19. The predicted molar refractivity (Wildman–Crippen MR) is 51.6 cm³/mol. The topological polar surface area (TPSA) is 23.5 Å². The van der Waals surface area contributed by atoms with Crippen LogP contribution in [-0.2, 0) is 13.0 Å². The van der Waals surface area contributed by atoms with E-state index >= 15 is 0 Å². The van der Waals surface area contributed by atoms with E-state index in [2.05, 4.69) is 19.1 Å². The molecule has 0 saturated carbocycles. The fraction of sp³-hybridized carbons (Fsp3) is 0.556. The molecule has 1 aromatic heterocycles. The van der Waals surface area contributed by atoms with Crippen molar-refractivity contribution in [3.63, 3.8) is 0 Å². The normalized spacial score (nSPS) is 11.0. The number of hydrogen-bond donors (Lipinski definition) is 1. The molecule has 1 aromatic rings. The Labute approximate surface area is 77.4 Å². The van der Waals surface area contributed by atoms with Gasteiger partial charge in [-0.05, 0) is 18.6 Å². The lowest BCUT2D eigenvalue weighted by Crippen LogP contribution is -2.10. The molecule has 0 unspecified atom stereocenters. The summed E-state index contributed by atoms with van der Waals surface area (Å²) in [5.41, 5.74) is 0. The van der Waals surface area contributed by atoms with Crippen molar-refractivity contribution in [2.24, 2.45) is 0 Å². The van der Waals surface area contributed by atoms with Gasteiger partial charge in [0.05, 0.1) is 6.54 Å². The summed E-state index contributed by atoms with van der Waals surface area (Å²) in [4.78, 5) is 2.64. The average Bonchev–Trinajstić information content (AvgIpc) is 2.36. The van der Waals surface area contributed by atoms with Crippen LogP contribution >= 0.6 is 11.3 Å². The molecule has 0 aliphatic heterocycles. The first kappa shape index (κ1) is 9.71. The molecule has 0 aromatic carbocycles. The first-order valence-corrected chi connectivity index (χ1v) is 5.01. The van der Waals surface area contributed by atoms with Crippen molar-refractivity contribution >= 4 is 11.3 Å². The Kier molecular flexibility index (Phi) is 3.72. The minimum Gasteiger partial charge on any atom is -0.314 e. The summed E-state index contributed by atoms with van der Waals surface area (Å²) in [7, 11) is 1.67. The van der Waals surface area contributed by atoms with Gasteiger partial charge in [-0.1, -0.05) is 13.3 Å². The smallest absolute Gasteiger partial charge is 0.0579 e. The molecule has 0 fully saturated rings. The van der Waals surface area contributed by atoms with E-state index < -0.39 is 0 Å². The maximum absolute atomic E-state index is 8.98. The van der Waals surface area contributed by atoms with Crippen LogP contribution in [0.1, 0.15) is 23.1 Å². The van der Waals surface area contributed by atoms with Crippen LogP contribution in [0.2, 0.25) is 0 Å². The predicted octanol–water partition coefficient (Wildman–Crippen LogP) is 2.52. The lowest BCUT2D eigenvalue weighted by molar-refractivity contribution is -0.0723. The Morgan fingerprint density at radius 1 is 1.42 bits per heavy atom. The van der Waals surface area contributed by atoms with Crippen molar-refractivity contribution in [1.82, 2.24) is 5.06 Å². The van der Waals surface area contributed by atoms with E-state index in [9.17, 15) is 0 Å². The summed E-state index contributed by atoms with van der Waals surface area (Å²) < 4.78 is 0. The molecule has 1 heterocycles. The van der Waals surface area contributed by atoms with Crippen molar-refractivity contribution < 1.29 is 5.21 Å². The zero-order valence-corrected chi connectivity index (χ0v) is 8.40. The van der Waals surface area contributed by atoms with Crippen LogP contribution in [-0.4, -0.2) is 17.3 Å². The molecule has 0 bridgehead atoms. The third-order valence-corrected chi connectivity index (χ3v) is 2.73. The molecule has 0 amide bonds. The maximum atomic E-state index is 8.98. The molecule has 12 heavy (non-hydrogen) atoms. The third kappa shape index (κ3) is 2.93. The summed E-state index contributed by atoms with van der Waals surface area (Å²) in [6, 6.07) is 4.23. The van der Waals surface area contributed by atoms with Gasteiger partial charge in [0.1, 0.15) is 0 Å². The molecular weight excluding hydrogens is 170 g/mol. The molecule has 3 heteroatoms. The van der Waals surface area contributed by atoms with Gasteiger partial charge in [-0.15, -0.1) is 11.3 Å².